The number of ether oxygens (including phenoxy) is 2. The normalized spacial score (nSPS) is 36.9. The van der Waals surface area contributed by atoms with Gasteiger partial charge in [0, 0.05) is 19.1 Å². The van der Waals surface area contributed by atoms with Crippen molar-refractivity contribution in [1.82, 2.24) is 4.90 Å². The Morgan fingerprint density at radius 1 is 1.47 bits per heavy atom. The number of carbonyl (C=O) groups is 1. The predicted molar refractivity (Wildman–Crippen MR) is 54.3 cm³/mol. The van der Waals surface area contributed by atoms with Gasteiger partial charge in [0.15, 0.2) is 0 Å². The summed E-state index contributed by atoms with van der Waals surface area (Å²) in [5.41, 5.74) is 5.82. The fraction of sp³-hybridized carbons (Fsp3) is 0.900. The van der Waals surface area contributed by atoms with Crippen LogP contribution in [0.4, 0.5) is 0 Å². The molecule has 2 N–H and O–H groups in total. The lowest BCUT2D eigenvalue weighted by Crippen LogP contribution is -2.50. The van der Waals surface area contributed by atoms with Gasteiger partial charge in [0.05, 0.1) is 31.8 Å². The Morgan fingerprint density at radius 2 is 2.27 bits per heavy atom. The van der Waals surface area contributed by atoms with E-state index in [1.165, 1.54) is 0 Å². The third-order valence-electron chi connectivity index (χ3n) is 2.99. The van der Waals surface area contributed by atoms with Crippen LogP contribution >= 0.6 is 0 Å². The van der Waals surface area contributed by atoms with Crippen LogP contribution in [0.3, 0.4) is 0 Å². The smallest absolute Gasteiger partial charge is 0.229 e. The van der Waals surface area contributed by atoms with Gasteiger partial charge in [0.25, 0.3) is 0 Å². The van der Waals surface area contributed by atoms with Crippen LogP contribution in [-0.2, 0) is 14.3 Å². The molecule has 0 aromatic heterocycles. The van der Waals surface area contributed by atoms with E-state index in [0.717, 1.165) is 0 Å². The highest BCUT2D eigenvalue weighted by Gasteiger charge is 2.35. The van der Waals surface area contributed by atoms with Crippen molar-refractivity contribution in [2.75, 3.05) is 32.9 Å². The zero-order valence-electron chi connectivity index (χ0n) is 9.02. The summed E-state index contributed by atoms with van der Waals surface area (Å²) in [5.74, 6) is -0.0366. The first-order chi connectivity index (χ1) is 7.18. The molecule has 0 radical (unpaired) electrons. The van der Waals surface area contributed by atoms with E-state index in [2.05, 4.69) is 0 Å². The van der Waals surface area contributed by atoms with Crippen LogP contribution < -0.4 is 5.73 Å². The number of nitrogens with two attached hydrogens (primary N) is 1. The second-order valence-corrected chi connectivity index (χ2v) is 4.27. The minimum absolute atomic E-state index is 0.121. The first-order valence-corrected chi connectivity index (χ1v) is 5.42. The second kappa shape index (κ2) is 4.47. The molecule has 2 aliphatic heterocycles. The largest absolute Gasteiger partial charge is 0.379 e. The molecular weight excluding hydrogens is 196 g/mol. The van der Waals surface area contributed by atoms with Crippen molar-refractivity contribution in [3.8, 4) is 0 Å². The zero-order valence-corrected chi connectivity index (χ0v) is 9.02. The van der Waals surface area contributed by atoms with Gasteiger partial charge < -0.3 is 20.1 Å². The molecule has 2 rings (SSSR count). The first-order valence-electron chi connectivity index (χ1n) is 5.42. The van der Waals surface area contributed by atoms with Gasteiger partial charge in [-0.3, -0.25) is 4.79 Å². The molecule has 5 nitrogen and oxygen atoms in total. The number of rotatable bonds is 1. The van der Waals surface area contributed by atoms with E-state index in [4.69, 9.17) is 15.2 Å². The lowest BCUT2D eigenvalue weighted by Gasteiger charge is -2.33. The average Bonchev–Trinajstić information content (AvgIpc) is 2.63. The molecule has 0 bridgehead atoms. The van der Waals surface area contributed by atoms with E-state index in [0.29, 0.717) is 32.9 Å². The van der Waals surface area contributed by atoms with Crippen molar-refractivity contribution >= 4 is 5.91 Å². The van der Waals surface area contributed by atoms with Crippen molar-refractivity contribution in [3.63, 3.8) is 0 Å². The minimum Gasteiger partial charge on any atom is -0.379 e. The molecule has 15 heavy (non-hydrogen) atoms. The van der Waals surface area contributed by atoms with Crippen LogP contribution in [0.1, 0.15) is 6.92 Å². The molecule has 2 heterocycles. The summed E-state index contributed by atoms with van der Waals surface area (Å²) in [6.07, 6.45) is 0.126. The molecule has 86 valence electrons. The molecule has 0 saturated carbocycles. The fourth-order valence-electron chi connectivity index (χ4n) is 2.08. The molecule has 0 aromatic carbocycles. The predicted octanol–water partition coefficient (Wildman–Crippen LogP) is -0.793. The SMILES string of the molecule is CC1CN(C(=O)C2COCC2N)CCO1. The van der Waals surface area contributed by atoms with Gasteiger partial charge in [-0.25, -0.2) is 0 Å². The monoisotopic (exact) mass is 214 g/mol. The van der Waals surface area contributed by atoms with Gasteiger partial charge >= 0.3 is 0 Å². The van der Waals surface area contributed by atoms with Gasteiger partial charge in [0.2, 0.25) is 5.91 Å². The highest BCUT2D eigenvalue weighted by molar-refractivity contribution is 5.80. The van der Waals surface area contributed by atoms with Gasteiger partial charge in [-0.1, -0.05) is 0 Å². The quantitative estimate of drug-likeness (QED) is 0.621. The molecule has 3 unspecified atom stereocenters. The molecule has 0 aromatic rings. The van der Waals surface area contributed by atoms with Crippen LogP contribution in [0, 0.1) is 5.92 Å². The number of nitrogens with zero attached hydrogens (tertiary/aromatic N) is 1. The van der Waals surface area contributed by atoms with E-state index in [9.17, 15) is 4.79 Å². The lowest BCUT2D eigenvalue weighted by atomic mass is 10.0. The fourth-order valence-corrected chi connectivity index (χ4v) is 2.08. The zero-order chi connectivity index (χ0) is 10.8. The third kappa shape index (κ3) is 2.30. The third-order valence-corrected chi connectivity index (χ3v) is 2.99. The highest BCUT2D eigenvalue weighted by Crippen LogP contribution is 2.16. The Labute approximate surface area is 89.5 Å². The number of carbonyl (C=O) groups excluding carboxylic acids is 1. The molecule has 5 heteroatoms. The molecule has 2 aliphatic rings. The number of amides is 1. The standard InChI is InChI=1S/C10H18N2O3/c1-7-4-12(2-3-15-7)10(13)8-5-14-6-9(8)11/h7-9H,2-6,11H2,1H3. The lowest BCUT2D eigenvalue weighted by molar-refractivity contribution is -0.142. The summed E-state index contributed by atoms with van der Waals surface area (Å²) in [5, 5.41) is 0. The van der Waals surface area contributed by atoms with E-state index in [-0.39, 0.29) is 24.0 Å². The van der Waals surface area contributed by atoms with Crippen molar-refractivity contribution in [1.29, 1.82) is 0 Å². The summed E-state index contributed by atoms with van der Waals surface area (Å²) >= 11 is 0. The summed E-state index contributed by atoms with van der Waals surface area (Å²) in [6.45, 7) is 4.90. The van der Waals surface area contributed by atoms with Crippen LogP contribution in [0.5, 0.6) is 0 Å². The van der Waals surface area contributed by atoms with Crippen LogP contribution in [0.25, 0.3) is 0 Å². The molecule has 2 saturated heterocycles. The maximum atomic E-state index is 12.1. The van der Waals surface area contributed by atoms with E-state index < -0.39 is 0 Å². The van der Waals surface area contributed by atoms with E-state index in [1.54, 1.807) is 0 Å². The van der Waals surface area contributed by atoms with Gasteiger partial charge in [-0.15, -0.1) is 0 Å². The van der Waals surface area contributed by atoms with Crippen LogP contribution in [0.15, 0.2) is 0 Å². The summed E-state index contributed by atoms with van der Waals surface area (Å²) in [7, 11) is 0. The van der Waals surface area contributed by atoms with Crippen molar-refractivity contribution in [2.45, 2.75) is 19.1 Å². The Balaban J connectivity index is 1.94. The molecule has 1 amide bonds. The second-order valence-electron chi connectivity index (χ2n) is 4.27. The molecule has 3 atom stereocenters. The van der Waals surface area contributed by atoms with Gasteiger partial charge in [-0.05, 0) is 6.92 Å². The molecule has 0 aliphatic carbocycles. The summed E-state index contributed by atoms with van der Waals surface area (Å²) in [4.78, 5) is 13.9. The maximum absolute atomic E-state index is 12.1. The Kier molecular flexibility index (Phi) is 3.23. The Hall–Kier alpha value is -0.650. The van der Waals surface area contributed by atoms with Gasteiger partial charge in [-0.2, -0.15) is 0 Å². The maximum Gasteiger partial charge on any atom is 0.229 e. The minimum atomic E-state index is -0.157. The summed E-state index contributed by atoms with van der Waals surface area (Å²) in [6, 6.07) is -0.143. The first kappa shape index (κ1) is 10.9. The number of morpholine rings is 1. The van der Waals surface area contributed by atoms with Crippen molar-refractivity contribution in [3.05, 3.63) is 0 Å². The van der Waals surface area contributed by atoms with Crippen molar-refractivity contribution in [2.24, 2.45) is 11.7 Å². The molecule has 2 fully saturated rings. The number of hydrogen-bond donors (Lipinski definition) is 1. The molecule has 0 spiro atoms. The number of hydrogen-bond acceptors (Lipinski definition) is 4. The van der Waals surface area contributed by atoms with E-state index in [1.807, 2.05) is 11.8 Å². The van der Waals surface area contributed by atoms with Gasteiger partial charge in [0.1, 0.15) is 0 Å². The van der Waals surface area contributed by atoms with Crippen molar-refractivity contribution < 1.29 is 14.3 Å². The highest BCUT2D eigenvalue weighted by atomic mass is 16.5. The molecular formula is C10H18N2O3. The average molecular weight is 214 g/mol. The summed E-state index contributed by atoms with van der Waals surface area (Å²) < 4.78 is 10.6. The Bertz CT molecular complexity index is 247. The van der Waals surface area contributed by atoms with Crippen LogP contribution in [0.2, 0.25) is 0 Å². The van der Waals surface area contributed by atoms with Crippen LogP contribution in [-0.4, -0.2) is 55.9 Å². The van der Waals surface area contributed by atoms with E-state index >= 15 is 0 Å². The Morgan fingerprint density at radius 3 is 2.87 bits per heavy atom. The topological polar surface area (TPSA) is 64.8 Å².